The Morgan fingerprint density at radius 3 is 2.43 bits per heavy atom. The molecule has 0 spiro atoms. The number of primary amides is 1. The third kappa shape index (κ3) is 3.66. The fraction of sp³-hybridized carbons (Fsp3) is 0.909. The molecule has 1 saturated carbocycles. The highest BCUT2D eigenvalue weighted by Crippen LogP contribution is 2.34. The number of rotatable bonds is 7. The van der Waals surface area contributed by atoms with Crippen LogP contribution in [0.15, 0.2) is 0 Å². The van der Waals surface area contributed by atoms with Crippen molar-refractivity contribution in [1.29, 1.82) is 0 Å². The lowest BCUT2D eigenvalue weighted by atomic mass is 10.1. The lowest BCUT2D eigenvalue weighted by Gasteiger charge is -2.21. The maximum Gasteiger partial charge on any atom is 0.234 e. The van der Waals surface area contributed by atoms with Crippen LogP contribution in [0.4, 0.5) is 0 Å². The minimum atomic E-state index is -0.221. The predicted octanol–water partition coefficient (Wildman–Crippen LogP) is 1.42. The van der Waals surface area contributed by atoms with Crippen molar-refractivity contribution in [3.05, 3.63) is 0 Å². The standard InChI is InChI=1S/C11H22N2O/c1-3-9(7-8-5-6-8)13-10(4-2)11(12)14/h8-10,13H,3-7H2,1-2H3,(H2,12,14). The molecule has 0 aliphatic heterocycles. The van der Waals surface area contributed by atoms with Crippen molar-refractivity contribution in [2.24, 2.45) is 11.7 Å². The molecule has 82 valence electrons. The first-order valence-electron chi connectivity index (χ1n) is 5.72. The molecule has 0 saturated heterocycles. The molecule has 2 unspecified atom stereocenters. The van der Waals surface area contributed by atoms with Gasteiger partial charge in [0.2, 0.25) is 5.91 Å². The van der Waals surface area contributed by atoms with E-state index < -0.39 is 0 Å². The van der Waals surface area contributed by atoms with Crippen LogP contribution in [0.1, 0.15) is 46.0 Å². The number of amides is 1. The second-order valence-corrected chi connectivity index (χ2v) is 4.31. The van der Waals surface area contributed by atoms with Crippen molar-refractivity contribution in [2.45, 2.75) is 58.0 Å². The Bertz CT molecular complexity index is 190. The average molecular weight is 198 g/mol. The molecule has 2 atom stereocenters. The van der Waals surface area contributed by atoms with E-state index in [9.17, 15) is 4.79 Å². The number of carbonyl (C=O) groups excluding carboxylic acids is 1. The van der Waals surface area contributed by atoms with Gasteiger partial charge in [0.05, 0.1) is 6.04 Å². The summed E-state index contributed by atoms with van der Waals surface area (Å²) in [7, 11) is 0. The van der Waals surface area contributed by atoms with Crippen molar-refractivity contribution >= 4 is 5.91 Å². The Morgan fingerprint density at radius 1 is 1.43 bits per heavy atom. The molecule has 0 radical (unpaired) electrons. The normalized spacial score (nSPS) is 20.4. The van der Waals surface area contributed by atoms with Gasteiger partial charge < -0.3 is 11.1 Å². The maximum atomic E-state index is 11.0. The fourth-order valence-corrected chi connectivity index (χ4v) is 1.79. The first kappa shape index (κ1) is 11.5. The molecular formula is C11H22N2O. The van der Waals surface area contributed by atoms with Crippen LogP contribution in [0.5, 0.6) is 0 Å². The fourth-order valence-electron chi connectivity index (χ4n) is 1.79. The third-order valence-electron chi connectivity index (χ3n) is 3.00. The van der Waals surface area contributed by atoms with Gasteiger partial charge in [-0.15, -0.1) is 0 Å². The van der Waals surface area contributed by atoms with Crippen LogP contribution < -0.4 is 11.1 Å². The smallest absolute Gasteiger partial charge is 0.234 e. The Balaban J connectivity index is 2.31. The molecule has 3 nitrogen and oxygen atoms in total. The first-order chi connectivity index (χ1) is 6.67. The monoisotopic (exact) mass is 198 g/mol. The Morgan fingerprint density at radius 2 is 2.07 bits per heavy atom. The van der Waals surface area contributed by atoms with Gasteiger partial charge in [0.25, 0.3) is 0 Å². The van der Waals surface area contributed by atoms with E-state index in [1.807, 2.05) is 6.92 Å². The van der Waals surface area contributed by atoms with E-state index in [1.54, 1.807) is 0 Å². The summed E-state index contributed by atoms with van der Waals surface area (Å²) in [5, 5.41) is 3.35. The average Bonchev–Trinajstić information content (AvgIpc) is 2.95. The molecule has 0 aromatic heterocycles. The molecular weight excluding hydrogens is 176 g/mol. The van der Waals surface area contributed by atoms with Gasteiger partial charge >= 0.3 is 0 Å². The zero-order valence-corrected chi connectivity index (χ0v) is 9.25. The molecule has 1 fully saturated rings. The molecule has 3 N–H and O–H groups in total. The van der Waals surface area contributed by atoms with Crippen LogP contribution in [0, 0.1) is 5.92 Å². The minimum Gasteiger partial charge on any atom is -0.368 e. The molecule has 0 aromatic carbocycles. The zero-order valence-electron chi connectivity index (χ0n) is 9.25. The van der Waals surface area contributed by atoms with Gasteiger partial charge in [-0.25, -0.2) is 0 Å². The highest BCUT2D eigenvalue weighted by atomic mass is 16.1. The van der Waals surface area contributed by atoms with E-state index in [2.05, 4.69) is 12.2 Å². The molecule has 0 aromatic rings. The van der Waals surface area contributed by atoms with Crippen LogP contribution in [-0.2, 0) is 4.79 Å². The van der Waals surface area contributed by atoms with Crippen molar-refractivity contribution in [3.63, 3.8) is 0 Å². The topological polar surface area (TPSA) is 55.1 Å². The summed E-state index contributed by atoms with van der Waals surface area (Å²) in [5.41, 5.74) is 5.30. The van der Waals surface area contributed by atoms with Crippen molar-refractivity contribution in [2.75, 3.05) is 0 Å². The highest BCUT2D eigenvalue weighted by molar-refractivity contribution is 5.79. The Labute approximate surface area is 86.4 Å². The van der Waals surface area contributed by atoms with Crippen LogP contribution in [0.25, 0.3) is 0 Å². The van der Waals surface area contributed by atoms with Crippen LogP contribution in [0.2, 0.25) is 0 Å². The van der Waals surface area contributed by atoms with E-state index in [0.717, 1.165) is 18.8 Å². The lowest BCUT2D eigenvalue weighted by molar-refractivity contribution is -0.120. The molecule has 0 heterocycles. The largest absolute Gasteiger partial charge is 0.368 e. The van der Waals surface area contributed by atoms with Gasteiger partial charge in [-0.3, -0.25) is 4.79 Å². The molecule has 1 amide bonds. The van der Waals surface area contributed by atoms with E-state index in [-0.39, 0.29) is 11.9 Å². The van der Waals surface area contributed by atoms with E-state index in [0.29, 0.717) is 6.04 Å². The minimum absolute atomic E-state index is 0.140. The lowest BCUT2D eigenvalue weighted by Crippen LogP contribution is -2.46. The van der Waals surface area contributed by atoms with Gasteiger partial charge in [0, 0.05) is 6.04 Å². The Hall–Kier alpha value is -0.570. The van der Waals surface area contributed by atoms with Gasteiger partial charge in [-0.05, 0) is 25.2 Å². The first-order valence-corrected chi connectivity index (χ1v) is 5.72. The van der Waals surface area contributed by atoms with Crippen molar-refractivity contribution in [3.8, 4) is 0 Å². The zero-order chi connectivity index (χ0) is 10.6. The second kappa shape index (κ2) is 5.35. The summed E-state index contributed by atoms with van der Waals surface area (Å²) in [6.07, 6.45) is 5.81. The third-order valence-corrected chi connectivity index (χ3v) is 3.00. The number of nitrogens with one attached hydrogen (secondary N) is 1. The second-order valence-electron chi connectivity index (χ2n) is 4.31. The highest BCUT2D eigenvalue weighted by Gasteiger charge is 2.26. The van der Waals surface area contributed by atoms with Gasteiger partial charge in [0.15, 0.2) is 0 Å². The van der Waals surface area contributed by atoms with Crippen LogP contribution >= 0.6 is 0 Å². The molecule has 14 heavy (non-hydrogen) atoms. The quantitative estimate of drug-likeness (QED) is 0.650. The summed E-state index contributed by atoms with van der Waals surface area (Å²) < 4.78 is 0. The maximum absolute atomic E-state index is 11.0. The van der Waals surface area contributed by atoms with Crippen molar-refractivity contribution < 1.29 is 4.79 Å². The predicted molar refractivity (Wildman–Crippen MR) is 57.8 cm³/mol. The molecule has 0 bridgehead atoms. The summed E-state index contributed by atoms with van der Waals surface area (Å²) >= 11 is 0. The van der Waals surface area contributed by atoms with E-state index >= 15 is 0 Å². The number of carbonyl (C=O) groups is 1. The number of hydrogen-bond donors (Lipinski definition) is 2. The Kier molecular flexibility index (Phi) is 4.39. The van der Waals surface area contributed by atoms with E-state index in [4.69, 9.17) is 5.73 Å². The van der Waals surface area contributed by atoms with Crippen LogP contribution in [-0.4, -0.2) is 18.0 Å². The van der Waals surface area contributed by atoms with E-state index in [1.165, 1.54) is 19.3 Å². The van der Waals surface area contributed by atoms with Crippen LogP contribution in [0.3, 0.4) is 0 Å². The van der Waals surface area contributed by atoms with Crippen molar-refractivity contribution in [1.82, 2.24) is 5.32 Å². The molecule has 1 aliphatic carbocycles. The molecule has 1 aliphatic rings. The summed E-state index contributed by atoms with van der Waals surface area (Å²) in [5.74, 6) is 0.680. The molecule has 1 rings (SSSR count). The van der Waals surface area contributed by atoms with Gasteiger partial charge in [0.1, 0.15) is 0 Å². The summed E-state index contributed by atoms with van der Waals surface area (Å²) in [6.45, 7) is 4.15. The summed E-state index contributed by atoms with van der Waals surface area (Å²) in [6, 6.07) is 0.332. The number of hydrogen-bond acceptors (Lipinski definition) is 2. The van der Waals surface area contributed by atoms with Gasteiger partial charge in [-0.2, -0.15) is 0 Å². The number of nitrogens with two attached hydrogens (primary N) is 1. The molecule has 3 heteroatoms. The summed E-state index contributed by atoms with van der Waals surface area (Å²) in [4.78, 5) is 11.0. The SMILES string of the molecule is CCC(CC1CC1)NC(CC)C(N)=O. The van der Waals surface area contributed by atoms with Gasteiger partial charge in [-0.1, -0.05) is 26.7 Å².